The lowest BCUT2D eigenvalue weighted by atomic mass is 10.0. The third-order valence-electron chi connectivity index (χ3n) is 5.49. The molecule has 1 aliphatic heterocycles. The molecule has 1 N–H and O–H groups in total. The average Bonchev–Trinajstić information content (AvgIpc) is 3.25. The molecule has 0 radical (unpaired) electrons. The lowest BCUT2D eigenvalue weighted by molar-refractivity contribution is 0.0887. The largest absolute Gasteiger partial charge is 0.450 e. The molecule has 1 aromatic heterocycles. The van der Waals surface area contributed by atoms with Crippen molar-refractivity contribution in [1.29, 1.82) is 5.26 Å². The number of fused-ring (bicyclic) bond motifs is 1. The average molecular weight is 452 g/mol. The van der Waals surface area contributed by atoms with Gasteiger partial charge in [-0.1, -0.05) is 30.3 Å². The van der Waals surface area contributed by atoms with Crippen LogP contribution in [-0.2, 0) is 24.2 Å². The number of amides is 1. The number of anilines is 1. The van der Waals surface area contributed by atoms with Crippen LogP contribution >= 0.6 is 12.4 Å². The normalized spacial score (nSPS) is 15.2. The van der Waals surface area contributed by atoms with Crippen LogP contribution in [0.25, 0.3) is 0 Å². The molecule has 1 amide bonds. The second-order valence-corrected chi connectivity index (χ2v) is 7.58. The fourth-order valence-corrected chi connectivity index (χ4v) is 4.06. The molecule has 8 heteroatoms. The number of hydrogen-bond acceptors (Lipinski definition) is 5. The van der Waals surface area contributed by atoms with E-state index in [1.54, 1.807) is 11.2 Å². The van der Waals surface area contributed by atoms with Gasteiger partial charge in [0.2, 0.25) is 0 Å². The second-order valence-electron chi connectivity index (χ2n) is 7.58. The van der Waals surface area contributed by atoms with Gasteiger partial charge >= 0.3 is 6.09 Å². The van der Waals surface area contributed by atoms with Gasteiger partial charge in [-0.15, -0.1) is 12.4 Å². The third kappa shape index (κ3) is 5.21. The molecule has 2 heterocycles. The van der Waals surface area contributed by atoms with Crippen molar-refractivity contribution in [1.82, 2.24) is 14.9 Å². The monoisotopic (exact) mass is 451 g/mol. The lowest BCUT2D eigenvalue weighted by Gasteiger charge is -2.32. The van der Waals surface area contributed by atoms with Crippen LogP contribution in [0, 0.1) is 11.3 Å². The van der Waals surface area contributed by atoms with Crippen LogP contribution in [-0.4, -0.2) is 40.2 Å². The first kappa shape index (κ1) is 23.2. The highest BCUT2D eigenvalue weighted by atomic mass is 35.5. The Morgan fingerprint density at radius 3 is 2.78 bits per heavy atom. The molecule has 0 spiro atoms. The summed E-state index contributed by atoms with van der Waals surface area (Å²) in [5.41, 5.74) is 4.66. The van der Waals surface area contributed by atoms with Crippen LogP contribution in [0.2, 0.25) is 0 Å². The molecule has 0 bridgehead atoms. The van der Waals surface area contributed by atoms with Gasteiger partial charge in [0.1, 0.15) is 0 Å². The first-order valence-corrected chi connectivity index (χ1v) is 10.4. The minimum absolute atomic E-state index is 0. The topological polar surface area (TPSA) is 85.2 Å². The maximum Gasteiger partial charge on any atom is 0.410 e. The summed E-state index contributed by atoms with van der Waals surface area (Å²) >= 11 is 0. The quantitative estimate of drug-likeness (QED) is 0.625. The van der Waals surface area contributed by atoms with Crippen LogP contribution in [0.15, 0.2) is 61.1 Å². The van der Waals surface area contributed by atoms with E-state index < -0.39 is 0 Å². The molecule has 0 aliphatic carbocycles. The number of rotatable bonds is 5. The SMILES string of the molecule is CCOC(=O)N1Cc2cc(C#N)ccc2N(Cc2cnc[nH]2)C[C@H]1Cc1ccccc1.Cl. The highest BCUT2D eigenvalue weighted by molar-refractivity contribution is 5.85. The zero-order valence-corrected chi connectivity index (χ0v) is 18.7. The molecular formula is C24H26ClN5O2. The number of nitriles is 1. The van der Waals surface area contributed by atoms with Crippen molar-refractivity contribution in [3.63, 3.8) is 0 Å². The Kier molecular flexibility index (Phi) is 7.74. The number of nitrogens with one attached hydrogen (secondary N) is 1. The Hall–Kier alpha value is -3.50. The number of ether oxygens (including phenoxy) is 1. The molecule has 2 aromatic carbocycles. The highest BCUT2D eigenvalue weighted by Crippen LogP contribution is 2.31. The Bertz CT molecular complexity index is 1070. The molecule has 7 nitrogen and oxygen atoms in total. The van der Waals surface area contributed by atoms with E-state index >= 15 is 0 Å². The number of aromatic amines is 1. The molecule has 1 atom stereocenters. The predicted molar refractivity (Wildman–Crippen MR) is 125 cm³/mol. The first-order valence-electron chi connectivity index (χ1n) is 10.4. The molecule has 4 rings (SSSR count). The first-order chi connectivity index (χ1) is 15.2. The zero-order valence-electron chi connectivity index (χ0n) is 17.9. The zero-order chi connectivity index (χ0) is 21.6. The number of aromatic nitrogens is 2. The number of carbonyl (C=O) groups is 1. The fraction of sp³-hybridized carbons (Fsp3) is 0.292. The van der Waals surface area contributed by atoms with E-state index in [4.69, 9.17) is 4.74 Å². The number of hydrogen-bond donors (Lipinski definition) is 1. The number of H-pyrrole nitrogens is 1. The molecule has 0 fully saturated rings. The standard InChI is InChI=1S/C24H25N5O2.ClH/c1-2-31-24(30)29-14-20-10-19(12-25)8-9-23(20)28(15-21-13-26-17-27-21)16-22(29)11-18-6-4-3-5-7-18;/h3-10,13,17,22H,2,11,14-16H2,1H3,(H,26,27);1H/t22-;/m1./s1. The summed E-state index contributed by atoms with van der Waals surface area (Å²) in [6, 6.07) is 17.9. The van der Waals surface area contributed by atoms with Gasteiger partial charge in [-0.3, -0.25) is 4.90 Å². The summed E-state index contributed by atoms with van der Waals surface area (Å²) in [5, 5.41) is 9.41. The van der Waals surface area contributed by atoms with Gasteiger partial charge in [0.25, 0.3) is 0 Å². The Labute approximate surface area is 194 Å². The van der Waals surface area contributed by atoms with Crippen LogP contribution in [0.3, 0.4) is 0 Å². The third-order valence-corrected chi connectivity index (χ3v) is 5.49. The number of carbonyl (C=O) groups excluding carboxylic acids is 1. The van der Waals surface area contributed by atoms with Gasteiger partial charge in [0.15, 0.2) is 0 Å². The Morgan fingerprint density at radius 2 is 2.09 bits per heavy atom. The summed E-state index contributed by atoms with van der Waals surface area (Å²) in [6.07, 6.45) is 3.85. The van der Waals surface area contributed by atoms with E-state index in [1.165, 1.54) is 0 Å². The van der Waals surface area contributed by atoms with E-state index in [0.717, 1.165) is 22.5 Å². The summed E-state index contributed by atoms with van der Waals surface area (Å²) in [7, 11) is 0. The fourth-order valence-electron chi connectivity index (χ4n) is 4.06. The molecule has 166 valence electrons. The molecule has 0 saturated carbocycles. The van der Waals surface area contributed by atoms with Gasteiger partial charge in [-0.25, -0.2) is 9.78 Å². The van der Waals surface area contributed by atoms with Gasteiger partial charge in [0, 0.05) is 18.4 Å². The molecular weight excluding hydrogens is 426 g/mol. The summed E-state index contributed by atoms with van der Waals surface area (Å²) < 4.78 is 5.40. The van der Waals surface area contributed by atoms with E-state index in [9.17, 15) is 10.1 Å². The minimum Gasteiger partial charge on any atom is -0.450 e. The maximum absolute atomic E-state index is 12.9. The van der Waals surface area contributed by atoms with Crippen molar-refractivity contribution in [3.8, 4) is 6.07 Å². The van der Waals surface area contributed by atoms with Crippen molar-refractivity contribution >= 4 is 24.2 Å². The number of imidazole rings is 1. The minimum atomic E-state index is -0.333. The van der Waals surface area contributed by atoms with Crippen LogP contribution in [0.5, 0.6) is 0 Å². The van der Waals surface area contributed by atoms with Gasteiger partial charge < -0.3 is 14.6 Å². The molecule has 32 heavy (non-hydrogen) atoms. The van der Waals surface area contributed by atoms with Gasteiger partial charge in [0.05, 0.1) is 49.4 Å². The smallest absolute Gasteiger partial charge is 0.410 e. The lowest BCUT2D eigenvalue weighted by Crippen LogP contribution is -2.46. The predicted octanol–water partition coefficient (Wildman–Crippen LogP) is 4.29. The Balaban J connectivity index is 0.00000289. The van der Waals surface area contributed by atoms with Crippen molar-refractivity contribution in [2.75, 3.05) is 18.1 Å². The van der Waals surface area contributed by atoms with Crippen LogP contribution in [0.4, 0.5) is 10.5 Å². The maximum atomic E-state index is 12.9. The number of nitrogens with zero attached hydrogens (tertiary/aromatic N) is 4. The van der Waals surface area contributed by atoms with E-state index in [-0.39, 0.29) is 24.5 Å². The van der Waals surface area contributed by atoms with Crippen molar-refractivity contribution in [2.45, 2.75) is 32.5 Å². The number of halogens is 1. The van der Waals surface area contributed by atoms with Crippen LogP contribution in [0.1, 0.15) is 29.3 Å². The summed E-state index contributed by atoms with van der Waals surface area (Å²) in [6.45, 7) is 3.78. The summed E-state index contributed by atoms with van der Waals surface area (Å²) in [4.78, 5) is 24.3. The second kappa shape index (κ2) is 10.7. The molecule has 0 unspecified atom stereocenters. The molecule has 1 aliphatic rings. The summed E-state index contributed by atoms with van der Waals surface area (Å²) in [5.74, 6) is 0. The van der Waals surface area contributed by atoms with Crippen molar-refractivity contribution < 1.29 is 9.53 Å². The highest BCUT2D eigenvalue weighted by Gasteiger charge is 2.32. The van der Waals surface area contributed by atoms with E-state index in [1.807, 2.05) is 49.5 Å². The molecule has 3 aromatic rings. The van der Waals surface area contributed by atoms with E-state index in [2.05, 4.69) is 33.1 Å². The molecule has 0 saturated heterocycles. The van der Waals surface area contributed by atoms with Crippen molar-refractivity contribution in [3.05, 3.63) is 83.4 Å². The number of benzene rings is 2. The van der Waals surface area contributed by atoms with Gasteiger partial charge in [-0.2, -0.15) is 5.26 Å². The Morgan fingerprint density at radius 1 is 1.28 bits per heavy atom. The van der Waals surface area contributed by atoms with E-state index in [0.29, 0.717) is 38.2 Å². The van der Waals surface area contributed by atoms with Crippen LogP contribution < -0.4 is 4.90 Å². The van der Waals surface area contributed by atoms with Gasteiger partial charge in [-0.05, 0) is 42.7 Å². The van der Waals surface area contributed by atoms with Crippen molar-refractivity contribution in [2.24, 2.45) is 0 Å².